The van der Waals surface area contributed by atoms with Gasteiger partial charge in [-0.1, -0.05) is 30.3 Å². The molecule has 1 unspecified atom stereocenters. The summed E-state index contributed by atoms with van der Waals surface area (Å²) in [6.07, 6.45) is 7.43. The van der Waals surface area contributed by atoms with Crippen molar-refractivity contribution in [3.05, 3.63) is 77.9 Å². The predicted molar refractivity (Wildman–Crippen MR) is 98.1 cm³/mol. The lowest BCUT2D eigenvalue weighted by atomic mass is 10.0. The Labute approximate surface area is 152 Å². The molecule has 1 amide bonds. The average Bonchev–Trinajstić information content (AvgIpc) is 3.20. The Kier molecular flexibility index (Phi) is 3.59. The van der Waals surface area contributed by atoms with Crippen LogP contribution >= 0.6 is 0 Å². The van der Waals surface area contributed by atoms with Gasteiger partial charge >= 0.3 is 0 Å². The van der Waals surface area contributed by atoms with Crippen LogP contribution in [0, 0.1) is 0 Å². The third kappa shape index (κ3) is 2.60. The number of fused-ring (bicyclic) bond motifs is 1. The summed E-state index contributed by atoms with van der Waals surface area (Å²) >= 11 is 0. The van der Waals surface area contributed by atoms with Gasteiger partial charge in [0.1, 0.15) is 12.7 Å². The second-order valence-corrected chi connectivity index (χ2v) is 7.09. The number of hydrogen-bond acceptors (Lipinski definition) is 3. The summed E-state index contributed by atoms with van der Waals surface area (Å²) in [7, 11) is 0. The van der Waals surface area contributed by atoms with Crippen LogP contribution in [0.4, 0.5) is 0 Å². The van der Waals surface area contributed by atoms with Crippen LogP contribution in [0.15, 0.2) is 61.2 Å². The van der Waals surface area contributed by atoms with Crippen LogP contribution < -0.4 is 0 Å². The van der Waals surface area contributed by atoms with Crippen molar-refractivity contribution in [3.8, 4) is 5.69 Å². The summed E-state index contributed by atoms with van der Waals surface area (Å²) in [5, 5.41) is 4.17. The second kappa shape index (κ2) is 6.09. The molecule has 0 aliphatic heterocycles. The molecule has 26 heavy (non-hydrogen) atoms. The lowest BCUT2D eigenvalue weighted by Gasteiger charge is -2.30. The first kappa shape index (κ1) is 15.3. The number of aryl methyl sites for hydroxylation is 1. The summed E-state index contributed by atoms with van der Waals surface area (Å²) in [5.74, 6) is 0.121. The van der Waals surface area contributed by atoms with Crippen LogP contribution in [0.5, 0.6) is 0 Å². The number of nitrogens with zero attached hydrogens (tertiary/aromatic N) is 4. The standard InChI is InChI=1S/C21H20N4O/c26-21(16-5-3-6-18(12-16)24-14-22-13-23-24)25(17-9-10-17)20-11-8-15-4-1-2-7-19(15)20/h1-7,12-14,17,20H,8-11H2. The number of benzene rings is 2. The zero-order valence-electron chi connectivity index (χ0n) is 14.5. The molecule has 2 aromatic carbocycles. The summed E-state index contributed by atoms with van der Waals surface area (Å²) in [5.41, 5.74) is 4.28. The van der Waals surface area contributed by atoms with Gasteiger partial charge in [-0.05, 0) is 55.0 Å². The van der Waals surface area contributed by atoms with E-state index in [4.69, 9.17) is 0 Å². The molecule has 0 spiro atoms. The van der Waals surface area contributed by atoms with E-state index in [0.29, 0.717) is 11.6 Å². The summed E-state index contributed by atoms with van der Waals surface area (Å²) in [4.78, 5) is 19.5. The molecule has 0 radical (unpaired) electrons. The fourth-order valence-corrected chi connectivity index (χ4v) is 4.01. The first-order valence-electron chi connectivity index (χ1n) is 9.17. The van der Waals surface area contributed by atoms with Gasteiger partial charge in [0.2, 0.25) is 0 Å². The van der Waals surface area contributed by atoms with Crippen molar-refractivity contribution in [1.29, 1.82) is 0 Å². The molecule has 130 valence electrons. The van der Waals surface area contributed by atoms with Gasteiger partial charge in [-0.15, -0.1) is 0 Å². The van der Waals surface area contributed by atoms with Crippen LogP contribution in [-0.4, -0.2) is 31.6 Å². The van der Waals surface area contributed by atoms with Gasteiger partial charge in [0.15, 0.2) is 0 Å². The van der Waals surface area contributed by atoms with Gasteiger partial charge in [0, 0.05) is 11.6 Å². The Morgan fingerprint density at radius 3 is 2.77 bits per heavy atom. The van der Waals surface area contributed by atoms with Crippen molar-refractivity contribution in [2.45, 2.75) is 37.8 Å². The van der Waals surface area contributed by atoms with Crippen LogP contribution in [0.1, 0.15) is 46.8 Å². The van der Waals surface area contributed by atoms with Crippen molar-refractivity contribution in [3.63, 3.8) is 0 Å². The number of aromatic nitrogens is 3. The van der Waals surface area contributed by atoms with Crippen molar-refractivity contribution >= 4 is 5.91 Å². The minimum Gasteiger partial charge on any atom is -0.329 e. The normalized spacial score (nSPS) is 18.5. The van der Waals surface area contributed by atoms with E-state index in [1.54, 1.807) is 11.0 Å². The molecule has 0 bridgehead atoms. The van der Waals surface area contributed by atoms with Crippen molar-refractivity contribution in [2.75, 3.05) is 0 Å². The van der Waals surface area contributed by atoms with E-state index in [9.17, 15) is 4.79 Å². The predicted octanol–water partition coefficient (Wildman–Crippen LogP) is 3.56. The summed E-state index contributed by atoms with van der Waals surface area (Å²) < 4.78 is 1.68. The van der Waals surface area contributed by atoms with E-state index in [2.05, 4.69) is 39.2 Å². The smallest absolute Gasteiger partial charge is 0.254 e. The molecule has 5 heteroatoms. The van der Waals surface area contributed by atoms with E-state index >= 15 is 0 Å². The molecule has 1 fully saturated rings. The molecule has 2 aliphatic rings. The minimum atomic E-state index is 0.121. The number of carbonyl (C=O) groups is 1. The monoisotopic (exact) mass is 344 g/mol. The van der Waals surface area contributed by atoms with Crippen molar-refractivity contribution in [2.24, 2.45) is 0 Å². The fraction of sp³-hybridized carbons (Fsp3) is 0.286. The fourth-order valence-electron chi connectivity index (χ4n) is 4.01. The Morgan fingerprint density at radius 2 is 1.96 bits per heavy atom. The molecule has 1 heterocycles. The van der Waals surface area contributed by atoms with Gasteiger partial charge in [-0.3, -0.25) is 4.79 Å². The molecule has 5 nitrogen and oxygen atoms in total. The lowest BCUT2D eigenvalue weighted by Crippen LogP contribution is -2.36. The molecule has 1 aromatic heterocycles. The second-order valence-electron chi connectivity index (χ2n) is 7.09. The Hall–Kier alpha value is -2.95. The van der Waals surface area contributed by atoms with E-state index in [1.165, 1.54) is 17.5 Å². The maximum atomic E-state index is 13.4. The number of amides is 1. The lowest BCUT2D eigenvalue weighted by molar-refractivity contribution is 0.0658. The Bertz CT molecular complexity index is 946. The highest BCUT2D eigenvalue weighted by atomic mass is 16.2. The highest BCUT2D eigenvalue weighted by Gasteiger charge is 2.40. The quantitative estimate of drug-likeness (QED) is 0.727. The van der Waals surface area contributed by atoms with E-state index in [-0.39, 0.29) is 11.9 Å². The first-order chi connectivity index (χ1) is 12.8. The first-order valence-corrected chi connectivity index (χ1v) is 9.17. The Morgan fingerprint density at radius 1 is 1.08 bits per heavy atom. The molecule has 3 aromatic rings. The van der Waals surface area contributed by atoms with Gasteiger partial charge in [0.25, 0.3) is 5.91 Å². The number of carbonyl (C=O) groups excluding carboxylic acids is 1. The number of rotatable bonds is 4. The molecule has 0 saturated heterocycles. The van der Waals surface area contributed by atoms with E-state index < -0.39 is 0 Å². The van der Waals surface area contributed by atoms with Crippen LogP contribution in [0.3, 0.4) is 0 Å². The highest BCUT2D eigenvalue weighted by Crippen LogP contribution is 2.42. The Balaban J connectivity index is 1.49. The number of hydrogen-bond donors (Lipinski definition) is 0. The maximum absolute atomic E-state index is 13.4. The molecule has 5 rings (SSSR count). The summed E-state index contributed by atoms with van der Waals surface area (Å²) in [6, 6.07) is 16.8. The molecule has 1 atom stereocenters. The van der Waals surface area contributed by atoms with E-state index in [1.807, 2.05) is 24.3 Å². The maximum Gasteiger partial charge on any atom is 0.254 e. The summed E-state index contributed by atoms with van der Waals surface area (Å²) in [6.45, 7) is 0. The third-order valence-electron chi connectivity index (χ3n) is 5.39. The molecule has 1 saturated carbocycles. The molecule has 2 aliphatic carbocycles. The molecular weight excluding hydrogens is 324 g/mol. The van der Waals surface area contributed by atoms with Crippen LogP contribution in [-0.2, 0) is 6.42 Å². The van der Waals surface area contributed by atoms with Gasteiger partial charge in [-0.2, -0.15) is 5.10 Å². The highest BCUT2D eigenvalue weighted by molar-refractivity contribution is 5.95. The largest absolute Gasteiger partial charge is 0.329 e. The van der Waals surface area contributed by atoms with Crippen molar-refractivity contribution < 1.29 is 4.79 Å². The third-order valence-corrected chi connectivity index (χ3v) is 5.39. The van der Waals surface area contributed by atoms with Gasteiger partial charge in [-0.25, -0.2) is 9.67 Å². The van der Waals surface area contributed by atoms with E-state index in [0.717, 1.165) is 31.4 Å². The average molecular weight is 344 g/mol. The van der Waals surface area contributed by atoms with Crippen LogP contribution in [0.2, 0.25) is 0 Å². The van der Waals surface area contributed by atoms with Gasteiger partial charge in [0.05, 0.1) is 11.7 Å². The van der Waals surface area contributed by atoms with Crippen LogP contribution in [0.25, 0.3) is 5.69 Å². The van der Waals surface area contributed by atoms with Gasteiger partial charge < -0.3 is 4.90 Å². The topological polar surface area (TPSA) is 51.0 Å². The zero-order chi connectivity index (χ0) is 17.5. The van der Waals surface area contributed by atoms with Crippen molar-refractivity contribution in [1.82, 2.24) is 19.7 Å². The zero-order valence-corrected chi connectivity index (χ0v) is 14.5. The molecule has 0 N–H and O–H groups in total. The SMILES string of the molecule is O=C(c1cccc(-n2cncn2)c1)N(C1CC1)C1CCc2ccccc21. The molecular formula is C21H20N4O. The minimum absolute atomic E-state index is 0.121.